The van der Waals surface area contributed by atoms with Gasteiger partial charge in [0.1, 0.15) is 18.2 Å². The van der Waals surface area contributed by atoms with Gasteiger partial charge in [-0.1, -0.05) is 6.92 Å². The van der Waals surface area contributed by atoms with E-state index in [1.54, 1.807) is 16.4 Å². The van der Waals surface area contributed by atoms with Crippen LogP contribution < -0.4 is 15.5 Å². The number of benzene rings is 1. The van der Waals surface area contributed by atoms with Gasteiger partial charge in [-0.15, -0.1) is 0 Å². The minimum Gasteiger partial charge on any atom is -0.355 e. The van der Waals surface area contributed by atoms with E-state index in [9.17, 15) is 18.8 Å². The number of anilines is 2. The highest BCUT2D eigenvalue weighted by atomic mass is 32.2. The monoisotopic (exact) mass is 445 g/mol. The second kappa shape index (κ2) is 9.09. The zero-order chi connectivity index (χ0) is 22.0. The van der Waals surface area contributed by atoms with Crippen LogP contribution in [0, 0.1) is 11.7 Å². The Balaban J connectivity index is 1.47. The van der Waals surface area contributed by atoms with E-state index in [0.717, 1.165) is 23.4 Å². The third-order valence-corrected chi connectivity index (χ3v) is 6.33. The molecule has 0 aliphatic carbocycles. The van der Waals surface area contributed by atoms with Crippen molar-refractivity contribution in [3.8, 4) is 0 Å². The average molecular weight is 446 g/mol. The number of nitrogens with one attached hydrogen (secondary N) is 2. The molecule has 0 spiro atoms. The van der Waals surface area contributed by atoms with Crippen LogP contribution in [0.3, 0.4) is 0 Å². The van der Waals surface area contributed by atoms with Gasteiger partial charge in [-0.05, 0) is 30.7 Å². The molecule has 0 bridgehead atoms. The van der Waals surface area contributed by atoms with Gasteiger partial charge in [0, 0.05) is 42.3 Å². The molecule has 1 aromatic carbocycles. The Morgan fingerprint density at radius 3 is 2.77 bits per heavy atom. The number of amides is 3. The van der Waals surface area contributed by atoms with Crippen LogP contribution in [-0.4, -0.2) is 40.6 Å². The molecule has 1 fully saturated rings. The highest BCUT2D eigenvalue weighted by Crippen LogP contribution is 2.35. The molecule has 3 amide bonds. The van der Waals surface area contributed by atoms with Crippen molar-refractivity contribution in [2.24, 2.45) is 5.92 Å². The first-order chi connectivity index (χ1) is 15.0. The summed E-state index contributed by atoms with van der Waals surface area (Å²) in [6.45, 7) is 2.81. The molecule has 8 nitrogen and oxygen atoms in total. The molecule has 1 atom stereocenters. The number of hydrogen-bond donors (Lipinski definition) is 2. The van der Waals surface area contributed by atoms with Crippen molar-refractivity contribution in [2.75, 3.05) is 23.3 Å². The van der Waals surface area contributed by atoms with Crippen LogP contribution in [0.1, 0.15) is 31.0 Å². The largest absolute Gasteiger partial charge is 0.355 e. The van der Waals surface area contributed by atoms with Crippen molar-refractivity contribution < 1.29 is 18.8 Å². The van der Waals surface area contributed by atoms with E-state index in [4.69, 9.17) is 0 Å². The molecule has 0 saturated carbocycles. The summed E-state index contributed by atoms with van der Waals surface area (Å²) in [4.78, 5) is 39.1. The number of rotatable bonds is 7. The Morgan fingerprint density at radius 2 is 2.03 bits per heavy atom. The first-order valence-electron chi connectivity index (χ1n) is 10.3. The van der Waals surface area contributed by atoms with Gasteiger partial charge in [-0.2, -0.15) is 16.9 Å². The molecule has 2 N–H and O–H groups in total. The SMILES string of the molecule is CCCNC(=O)Cn1nc2c(c1NC(=O)C1CC(=O)N(c3ccc(F)cc3)C1)CSC2. The number of halogens is 1. The van der Waals surface area contributed by atoms with Crippen molar-refractivity contribution in [3.63, 3.8) is 0 Å². The summed E-state index contributed by atoms with van der Waals surface area (Å²) in [6, 6.07) is 5.64. The second-order valence-corrected chi connectivity index (χ2v) is 8.63. The first kappa shape index (κ1) is 21.4. The molecule has 10 heteroatoms. The Labute approximate surface area is 183 Å². The maximum atomic E-state index is 13.2. The third kappa shape index (κ3) is 4.58. The second-order valence-electron chi connectivity index (χ2n) is 7.65. The summed E-state index contributed by atoms with van der Waals surface area (Å²) in [7, 11) is 0. The van der Waals surface area contributed by atoms with Crippen molar-refractivity contribution >= 4 is 41.0 Å². The topological polar surface area (TPSA) is 96.3 Å². The summed E-state index contributed by atoms with van der Waals surface area (Å²) in [6.07, 6.45) is 0.910. The predicted octanol–water partition coefficient (Wildman–Crippen LogP) is 2.29. The fraction of sp³-hybridized carbons (Fsp3) is 0.429. The summed E-state index contributed by atoms with van der Waals surface area (Å²) < 4.78 is 14.7. The van der Waals surface area contributed by atoms with Crippen LogP contribution in [0.15, 0.2) is 24.3 Å². The van der Waals surface area contributed by atoms with Crippen molar-refractivity contribution in [3.05, 3.63) is 41.3 Å². The highest BCUT2D eigenvalue weighted by molar-refractivity contribution is 7.98. The number of carbonyl (C=O) groups excluding carboxylic acids is 3. The Bertz CT molecular complexity index is 1010. The molecule has 3 heterocycles. The van der Waals surface area contributed by atoms with Crippen LogP contribution in [0.2, 0.25) is 0 Å². The van der Waals surface area contributed by atoms with Crippen LogP contribution >= 0.6 is 11.8 Å². The minimum atomic E-state index is -0.542. The standard InChI is InChI=1S/C21H24FN5O3S/c1-2-7-23-18(28)10-27-20(16-11-31-12-17(16)25-27)24-21(30)13-8-19(29)26(9-13)15-5-3-14(22)4-6-15/h3-6,13H,2,7-12H2,1H3,(H,23,28)(H,24,30). The lowest BCUT2D eigenvalue weighted by atomic mass is 10.1. The average Bonchev–Trinajstić information content (AvgIpc) is 3.44. The molecule has 31 heavy (non-hydrogen) atoms. The van der Waals surface area contributed by atoms with E-state index in [2.05, 4.69) is 15.7 Å². The van der Waals surface area contributed by atoms with Crippen LogP contribution in [0.25, 0.3) is 0 Å². The van der Waals surface area contributed by atoms with E-state index < -0.39 is 5.92 Å². The van der Waals surface area contributed by atoms with Gasteiger partial charge >= 0.3 is 0 Å². The lowest BCUT2D eigenvalue weighted by Gasteiger charge is -2.17. The van der Waals surface area contributed by atoms with E-state index in [0.29, 0.717) is 23.8 Å². The normalized spacial score (nSPS) is 17.7. The maximum Gasteiger partial charge on any atom is 0.241 e. The molecule has 1 unspecified atom stereocenters. The summed E-state index contributed by atoms with van der Waals surface area (Å²) in [5.41, 5.74) is 2.37. The number of hydrogen-bond acceptors (Lipinski definition) is 5. The van der Waals surface area contributed by atoms with Gasteiger partial charge < -0.3 is 15.5 Å². The quantitative estimate of drug-likeness (QED) is 0.682. The molecule has 2 aliphatic heterocycles. The maximum absolute atomic E-state index is 13.2. The smallest absolute Gasteiger partial charge is 0.241 e. The third-order valence-electron chi connectivity index (χ3n) is 5.36. The molecule has 4 rings (SSSR count). The van der Waals surface area contributed by atoms with Crippen molar-refractivity contribution in [1.82, 2.24) is 15.1 Å². The Kier molecular flexibility index (Phi) is 6.26. The number of fused-ring (bicyclic) bond motifs is 1. The molecule has 1 aromatic heterocycles. The van der Waals surface area contributed by atoms with Gasteiger partial charge in [-0.25, -0.2) is 9.07 Å². The van der Waals surface area contributed by atoms with E-state index in [1.165, 1.54) is 29.2 Å². The fourth-order valence-electron chi connectivity index (χ4n) is 3.75. The van der Waals surface area contributed by atoms with Crippen LogP contribution in [0.5, 0.6) is 0 Å². The van der Waals surface area contributed by atoms with Crippen molar-refractivity contribution in [2.45, 2.75) is 37.8 Å². The van der Waals surface area contributed by atoms with Gasteiger partial charge in [0.25, 0.3) is 0 Å². The zero-order valence-corrected chi connectivity index (χ0v) is 18.0. The van der Waals surface area contributed by atoms with Crippen LogP contribution in [-0.2, 0) is 32.4 Å². The van der Waals surface area contributed by atoms with E-state index in [-0.39, 0.29) is 43.0 Å². The number of aromatic nitrogens is 2. The molecule has 2 aliphatic rings. The number of nitrogens with zero attached hydrogens (tertiary/aromatic N) is 3. The Morgan fingerprint density at radius 1 is 1.26 bits per heavy atom. The van der Waals surface area contributed by atoms with Crippen molar-refractivity contribution in [1.29, 1.82) is 0 Å². The first-order valence-corrected chi connectivity index (χ1v) is 11.4. The van der Waals surface area contributed by atoms with Gasteiger partial charge in [-0.3, -0.25) is 14.4 Å². The van der Waals surface area contributed by atoms with Gasteiger partial charge in [0.15, 0.2) is 0 Å². The summed E-state index contributed by atoms with van der Waals surface area (Å²) in [5.74, 6) is 0.434. The summed E-state index contributed by atoms with van der Waals surface area (Å²) in [5, 5.41) is 10.3. The molecule has 0 radical (unpaired) electrons. The lowest BCUT2D eigenvalue weighted by molar-refractivity contribution is -0.122. The predicted molar refractivity (Wildman–Crippen MR) is 116 cm³/mol. The molecular formula is C21H24FN5O3S. The number of carbonyl (C=O) groups is 3. The molecule has 1 saturated heterocycles. The Hall–Kier alpha value is -2.88. The molecule has 2 aromatic rings. The summed E-state index contributed by atoms with van der Waals surface area (Å²) >= 11 is 1.70. The van der Waals surface area contributed by atoms with Gasteiger partial charge in [0.05, 0.1) is 11.6 Å². The minimum absolute atomic E-state index is 0.0264. The molecule has 164 valence electrons. The van der Waals surface area contributed by atoms with Gasteiger partial charge in [0.2, 0.25) is 17.7 Å². The number of thioether (sulfide) groups is 1. The highest BCUT2D eigenvalue weighted by Gasteiger charge is 2.36. The van der Waals surface area contributed by atoms with Crippen LogP contribution in [0.4, 0.5) is 15.9 Å². The van der Waals surface area contributed by atoms with E-state index >= 15 is 0 Å². The fourth-order valence-corrected chi connectivity index (χ4v) is 4.78. The van der Waals surface area contributed by atoms with E-state index in [1.807, 2.05) is 6.92 Å². The zero-order valence-electron chi connectivity index (χ0n) is 17.2. The molecular weight excluding hydrogens is 421 g/mol. The lowest BCUT2D eigenvalue weighted by Crippen LogP contribution is -2.31.